The summed E-state index contributed by atoms with van der Waals surface area (Å²) in [5.41, 5.74) is 0.390. The van der Waals surface area contributed by atoms with E-state index in [1.165, 1.54) is 0 Å². The van der Waals surface area contributed by atoms with Crippen LogP contribution >= 0.6 is 0 Å². The summed E-state index contributed by atoms with van der Waals surface area (Å²) in [6, 6.07) is 6.73. The summed E-state index contributed by atoms with van der Waals surface area (Å²) in [5, 5.41) is 15.7. The highest BCUT2D eigenvalue weighted by Crippen LogP contribution is 2.27. The van der Waals surface area contributed by atoms with E-state index in [9.17, 15) is 9.59 Å². The maximum absolute atomic E-state index is 12.5. The molecule has 0 bridgehead atoms. The molecule has 1 heterocycles. The molecule has 0 spiro atoms. The van der Waals surface area contributed by atoms with Crippen LogP contribution in [-0.4, -0.2) is 33.2 Å². The van der Waals surface area contributed by atoms with Crippen molar-refractivity contribution in [2.24, 2.45) is 5.92 Å². The van der Waals surface area contributed by atoms with Gasteiger partial charge in [0.25, 0.3) is 5.91 Å². The molecule has 1 saturated carbocycles. The number of carbonyl (C=O) groups excluding carboxylic acids is 1. The molecule has 1 fully saturated rings. The number of carboxylic acids is 1. The van der Waals surface area contributed by atoms with Gasteiger partial charge in [0, 0.05) is 13.0 Å². The van der Waals surface area contributed by atoms with E-state index >= 15 is 0 Å². The zero-order chi connectivity index (χ0) is 17.8. The van der Waals surface area contributed by atoms with E-state index in [4.69, 9.17) is 14.4 Å². The Kier molecular flexibility index (Phi) is 4.97. The van der Waals surface area contributed by atoms with Crippen molar-refractivity contribution in [3.63, 3.8) is 0 Å². The van der Waals surface area contributed by atoms with E-state index in [1.54, 1.807) is 31.2 Å². The maximum atomic E-state index is 12.5. The standard InChI is InChI=1S/C17H19N3O5/c1-10-18-15(20-25-10)9-24-14-5-3-2-4-13(14)16(21)19-12-7-6-11(8-12)17(22)23/h2-5,11-12H,6-9H2,1H3,(H,19,21)(H,22,23)/t11-,12+/m1/s1. The number of hydrogen-bond donors (Lipinski definition) is 2. The third-order valence-corrected chi connectivity index (χ3v) is 4.18. The first-order valence-corrected chi connectivity index (χ1v) is 8.07. The molecule has 8 heteroatoms. The number of aryl methyl sites for hydroxylation is 1. The van der Waals surface area contributed by atoms with Gasteiger partial charge in [0.15, 0.2) is 6.61 Å². The number of carboxylic acid groups (broad SMARTS) is 1. The zero-order valence-corrected chi connectivity index (χ0v) is 13.8. The molecule has 1 aliphatic carbocycles. The van der Waals surface area contributed by atoms with Crippen molar-refractivity contribution in [2.45, 2.75) is 38.8 Å². The second kappa shape index (κ2) is 7.33. The summed E-state index contributed by atoms with van der Waals surface area (Å²) in [4.78, 5) is 27.6. The number of carbonyl (C=O) groups is 2. The molecule has 1 aromatic heterocycles. The van der Waals surface area contributed by atoms with Crippen molar-refractivity contribution in [1.29, 1.82) is 0 Å². The third kappa shape index (κ3) is 4.14. The van der Waals surface area contributed by atoms with Crippen LogP contribution in [-0.2, 0) is 11.4 Å². The molecule has 2 aromatic rings. The molecule has 25 heavy (non-hydrogen) atoms. The van der Waals surface area contributed by atoms with Gasteiger partial charge in [0.1, 0.15) is 5.75 Å². The molecule has 2 N–H and O–H groups in total. The maximum Gasteiger partial charge on any atom is 0.306 e. The molecule has 0 radical (unpaired) electrons. The van der Waals surface area contributed by atoms with Gasteiger partial charge in [-0.15, -0.1) is 0 Å². The monoisotopic (exact) mass is 345 g/mol. The molecule has 1 aromatic carbocycles. The second-order valence-electron chi connectivity index (χ2n) is 6.03. The van der Waals surface area contributed by atoms with E-state index in [-0.39, 0.29) is 18.6 Å². The Morgan fingerprint density at radius 1 is 1.36 bits per heavy atom. The summed E-state index contributed by atoms with van der Waals surface area (Å²) in [5.74, 6) is -0.230. The average molecular weight is 345 g/mol. The number of hydrogen-bond acceptors (Lipinski definition) is 6. The van der Waals surface area contributed by atoms with E-state index in [1.807, 2.05) is 0 Å². The number of para-hydroxylation sites is 1. The number of nitrogens with zero attached hydrogens (tertiary/aromatic N) is 2. The third-order valence-electron chi connectivity index (χ3n) is 4.18. The van der Waals surface area contributed by atoms with Crippen molar-refractivity contribution in [1.82, 2.24) is 15.5 Å². The topological polar surface area (TPSA) is 115 Å². The van der Waals surface area contributed by atoms with Gasteiger partial charge in [0.2, 0.25) is 11.7 Å². The van der Waals surface area contributed by atoms with Gasteiger partial charge in [-0.3, -0.25) is 9.59 Å². The van der Waals surface area contributed by atoms with Gasteiger partial charge in [-0.1, -0.05) is 17.3 Å². The Morgan fingerprint density at radius 2 is 2.16 bits per heavy atom. The van der Waals surface area contributed by atoms with Gasteiger partial charge in [0.05, 0.1) is 11.5 Å². The molecule has 3 rings (SSSR count). The van der Waals surface area contributed by atoms with Gasteiger partial charge in [-0.2, -0.15) is 4.98 Å². The normalized spacial score (nSPS) is 19.6. The molecule has 2 atom stereocenters. The van der Waals surface area contributed by atoms with Crippen molar-refractivity contribution in [3.05, 3.63) is 41.5 Å². The number of ether oxygens (including phenoxy) is 1. The summed E-state index contributed by atoms with van der Waals surface area (Å²) < 4.78 is 10.5. The quantitative estimate of drug-likeness (QED) is 0.822. The highest BCUT2D eigenvalue weighted by atomic mass is 16.5. The predicted octanol–water partition coefficient (Wildman–Crippen LogP) is 1.94. The molecule has 0 unspecified atom stereocenters. The Balaban J connectivity index is 1.63. The smallest absolute Gasteiger partial charge is 0.306 e. The van der Waals surface area contributed by atoms with E-state index in [0.717, 1.165) is 0 Å². The van der Waals surface area contributed by atoms with Crippen molar-refractivity contribution in [3.8, 4) is 5.75 Å². The molecular formula is C17H19N3O5. The van der Waals surface area contributed by atoms with Crippen molar-refractivity contribution >= 4 is 11.9 Å². The van der Waals surface area contributed by atoms with Crippen LogP contribution < -0.4 is 10.1 Å². The minimum atomic E-state index is -0.809. The fourth-order valence-electron chi connectivity index (χ4n) is 2.92. The molecule has 1 amide bonds. The van der Waals surface area contributed by atoms with Gasteiger partial charge in [-0.25, -0.2) is 0 Å². The predicted molar refractivity (Wildman–Crippen MR) is 86.0 cm³/mol. The first-order valence-electron chi connectivity index (χ1n) is 8.07. The lowest BCUT2D eigenvalue weighted by Crippen LogP contribution is -2.33. The number of amides is 1. The Morgan fingerprint density at radius 3 is 2.84 bits per heavy atom. The lowest BCUT2D eigenvalue weighted by Gasteiger charge is -2.14. The minimum absolute atomic E-state index is 0.0894. The second-order valence-corrected chi connectivity index (χ2v) is 6.03. The average Bonchev–Trinajstić information content (AvgIpc) is 3.22. The van der Waals surface area contributed by atoms with Crippen LogP contribution in [0.5, 0.6) is 5.75 Å². The van der Waals surface area contributed by atoms with E-state index < -0.39 is 11.9 Å². The van der Waals surface area contributed by atoms with Crippen LogP contribution in [0.4, 0.5) is 0 Å². The summed E-state index contributed by atoms with van der Waals surface area (Å²) in [6.07, 6.45) is 1.69. The summed E-state index contributed by atoms with van der Waals surface area (Å²) >= 11 is 0. The molecule has 0 aliphatic heterocycles. The highest BCUT2D eigenvalue weighted by Gasteiger charge is 2.31. The van der Waals surface area contributed by atoms with Crippen molar-refractivity contribution < 1.29 is 24.0 Å². The van der Waals surface area contributed by atoms with E-state index in [0.29, 0.717) is 42.3 Å². The van der Waals surface area contributed by atoms with Crippen LogP contribution in [0.3, 0.4) is 0 Å². The van der Waals surface area contributed by atoms with E-state index in [2.05, 4.69) is 15.5 Å². The molecule has 8 nitrogen and oxygen atoms in total. The molecular weight excluding hydrogens is 326 g/mol. The molecule has 132 valence electrons. The Labute approximate surface area is 144 Å². The molecule has 1 aliphatic rings. The van der Waals surface area contributed by atoms with Crippen LogP contribution in [0.25, 0.3) is 0 Å². The van der Waals surface area contributed by atoms with Crippen LogP contribution in [0.15, 0.2) is 28.8 Å². The van der Waals surface area contributed by atoms with Crippen LogP contribution in [0, 0.1) is 12.8 Å². The lowest BCUT2D eigenvalue weighted by molar-refractivity contribution is -0.141. The fourth-order valence-corrected chi connectivity index (χ4v) is 2.92. The Hall–Kier alpha value is -2.90. The van der Waals surface area contributed by atoms with Gasteiger partial charge < -0.3 is 19.7 Å². The number of benzene rings is 1. The summed E-state index contributed by atoms with van der Waals surface area (Å²) in [7, 11) is 0. The number of aromatic nitrogens is 2. The van der Waals surface area contributed by atoms with Crippen molar-refractivity contribution in [2.75, 3.05) is 0 Å². The number of nitrogens with one attached hydrogen (secondary N) is 1. The first-order chi connectivity index (χ1) is 12.0. The zero-order valence-electron chi connectivity index (χ0n) is 13.8. The molecule has 0 saturated heterocycles. The van der Waals surface area contributed by atoms with Gasteiger partial charge >= 0.3 is 5.97 Å². The first kappa shape index (κ1) is 16.9. The van der Waals surface area contributed by atoms with Crippen LogP contribution in [0.2, 0.25) is 0 Å². The van der Waals surface area contributed by atoms with Gasteiger partial charge in [-0.05, 0) is 31.4 Å². The lowest BCUT2D eigenvalue weighted by atomic mass is 10.1. The SMILES string of the molecule is Cc1nc(COc2ccccc2C(=O)N[C@H]2CC[C@@H](C(=O)O)C2)no1. The fraction of sp³-hybridized carbons (Fsp3) is 0.412. The van der Waals surface area contributed by atoms with Crippen LogP contribution in [0.1, 0.15) is 41.3 Å². The number of aliphatic carboxylic acids is 1. The minimum Gasteiger partial charge on any atom is -0.485 e. The number of rotatable bonds is 6. The largest absolute Gasteiger partial charge is 0.485 e. The summed E-state index contributed by atoms with van der Waals surface area (Å²) in [6.45, 7) is 1.77. The Bertz CT molecular complexity index is 773. The highest BCUT2D eigenvalue weighted by molar-refractivity contribution is 5.97.